The van der Waals surface area contributed by atoms with Crippen molar-refractivity contribution < 1.29 is 14.3 Å². The van der Waals surface area contributed by atoms with Gasteiger partial charge in [-0.2, -0.15) is 0 Å². The van der Waals surface area contributed by atoms with Crippen LogP contribution in [0.15, 0.2) is 56.5 Å². The van der Waals surface area contributed by atoms with Gasteiger partial charge in [0, 0.05) is 6.42 Å². The Morgan fingerprint density at radius 1 is 0.967 bits per heavy atom. The first-order valence-corrected chi connectivity index (χ1v) is 9.92. The van der Waals surface area contributed by atoms with Crippen LogP contribution in [-0.4, -0.2) is 35.2 Å². The zero-order chi connectivity index (χ0) is 21.5. The van der Waals surface area contributed by atoms with E-state index < -0.39 is 17.0 Å². The third kappa shape index (κ3) is 5.35. The largest absolute Gasteiger partial charge is 0.492 e. The van der Waals surface area contributed by atoms with Crippen LogP contribution in [0.4, 0.5) is 5.69 Å². The second kappa shape index (κ2) is 9.88. The average Bonchev–Trinajstić information content (AvgIpc) is 2.73. The SMILES string of the molecule is O=C(CCCOc1ccccc1Br)NCC(=O)Nc1cccc2c(=O)[nH][nH]c(=O)c12. The van der Waals surface area contributed by atoms with Crippen LogP contribution in [0, 0.1) is 0 Å². The predicted molar refractivity (Wildman–Crippen MR) is 116 cm³/mol. The Balaban J connectivity index is 1.47. The molecule has 0 radical (unpaired) electrons. The summed E-state index contributed by atoms with van der Waals surface area (Å²) in [6.45, 7) is 0.0942. The summed E-state index contributed by atoms with van der Waals surface area (Å²) in [5.74, 6) is -0.116. The molecule has 0 saturated carbocycles. The van der Waals surface area contributed by atoms with Crippen molar-refractivity contribution in [3.63, 3.8) is 0 Å². The van der Waals surface area contributed by atoms with Crippen molar-refractivity contribution in [2.45, 2.75) is 12.8 Å². The Kier molecular flexibility index (Phi) is 7.02. The van der Waals surface area contributed by atoms with E-state index in [2.05, 4.69) is 36.8 Å². The number of hydrogen-bond acceptors (Lipinski definition) is 5. The van der Waals surface area contributed by atoms with E-state index in [-0.39, 0.29) is 35.3 Å². The van der Waals surface area contributed by atoms with Gasteiger partial charge in [-0.15, -0.1) is 0 Å². The second-order valence-corrected chi connectivity index (χ2v) is 7.20. The summed E-state index contributed by atoms with van der Waals surface area (Å²) in [4.78, 5) is 47.9. The Morgan fingerprint density at radius 2 is 1.73 bits per heavy atom. The van der Waals surface area contributed by atoms with Gasteiger partial charge in [0.15, 0.2) is 0 Å². The van der Waals surface area contributed by atoms with Gasteiger partial charge in [-0.1, -0.05) is 18.2 Å². The quantitative estimate of drug-likeness (QED) is 0.370. The molecule has 0 saturated heterocycles. The van der Waals surface area contributed by atoms with E-state index in [1.54, 1.807) is 6.07 Å². The van der Waals surface area contributed by atoms with Crippen molar-refractivity contribution in [1.29, 1.82) is 0 Å². The molecule has 4 N–H and O–H groups in total. The van der Waals surface area contributed by atoms with Crippen LogP contribution in [-0.2, 0) is 9.59 Å². The number of anilines is 1. The maximum absolute atomic E-state index is 12.2. The van der Waals surface area contributed by atoms with Crippen LogP contribution >= 0.6 is 15.9 Å². The van der Waals surface area contributed by atoms with Gasteiger partial charge in [0.1, 0.15) is 5.75 Å². The highest BCUT2D eigenvalue weighted by Crippen LogP contribution is 2.23. The first-order valence-electron chi connectivity index (χ1n) is 9.13. The van der Waals surface area contributed by atoms with Crippen LogP contribution in [0.1, 0.15) is 12.8 Å². The molecule has 2 amide bonds. The summed E-state index contributed by atoms with van der Waals surface area (Å²) < 4.78 is 6.42. The number of para-hydroxylation sites is 1. The van der Waals surface area contributed by atoms with Crippen LogP contribution in [0.5, 0.6) is 5.75 Å². The Hall–Kier alpha value is -3.40. The number of carbonyl (C=O) groups is 2. The number of rotatable bonds is 8. The number of nitrogens with one attached hydrogen (secondary N) is 4. The highest BCUT2D eigenvalue weighted by atomic mass is 79.9. The molecular weight excluding hydrogens is 456 g/mol. The van der Waals surface area contributed by atoms with Crippen molar-refractivity contribution in [2.24, 2.45) is 0 Å². The monoisotopic (exact) mass is 474 g/mol. The number of aromatic amines is 2. The number of ether oxygens (including phenoxy) is 1. The number of H-pyrrole nitrogens is 2. The minimum Gasteiger partial charge on any atom is -0.492 e. The van der Waals surface area contributed by atoms with Crippen molar-refractivity contribution in [3.8, 4) is 5.75 Å². The Labute approximate surface area is 178 Å². The highest BCUT2D eigenvalue weighted by Gasteiger charge is 2.12. The third-order valence-electron chi connectivity index (χ3n) is 4.19. The van der Waals surface area contributed by atoms with Crippen LogP contribution in [0.2, 0.25) is 0 Å². The number of fused-ring (bicyclic) bond motifs is 1. The summed E-state index contributed by atoms with van der Waals surface area (Å²) in [6, 6.07) is 12.0. The van der Waals surface area contributed by atoms with E-state index in [4.69, 9.17) is 4.74 Å². The molecule has 1 aromatic heterocycles. The first kappa shape index (κ1) is 21.3. The van der Waals surface area contributed by atoms with Crippen LogP contribution in [0.3, 0.4) is 0 Å². The first-order chi connectivity index (χ1) is 14.5. The number of carbonyl (C=O) groups excluding carboxylic acids is 2. The molecule has 3 rings (SSSR count). The Morgan fingerprint density at radius 3 is 2.53 bits per heavy atom. The van der Waals surface area contributed by atoms with Crippen molar-refractivity contribution in [2.75, 3.05) is 18.5 Å². The minimum absolute atomic E-state index is 0.0742. The van der Waals surface area contributed by atoms with Crippen LogP contribution < -0.4 is 26.5 Å². The van der Waals surface area contributed by atoms with Gasteiger partial charge in [0.05, 0.1) is 34.1 Å². The molecule has 156 valence electrons. The Bertz CT molecular complexity index is 1190. The zero-order valence-corrected chi connectivity index (χ0v) is 17.4. The van der Waals surface area contributed by atoms with E-state index in [0.717, 1.165) is 4.47 Å². The van der Waals surface area contributed by atoms with Crippen molar-refractivity contribution in [3.05, 3.63) is 67.6 Å². The number of aromatic nitrogens is 2. The number of benzene rings is 2. The molecule has 30 heavy (non-hydrogen) atoms. The molecule has 3 aromatic rings. The topological polar surface area (TPSA) is 133 Å². The summed E-state index contributed by atoms with van der Waals surface area (Å²) >= 11 is 3.38. The summed E-state index contributed by atoms with van der Waals surface area (Å²) in [6.07, 6.45) is 0.678. The predicted octanol–water partition coefficient (Wildman–Crippen LogP) is 1.89. The van der Waals surface area contributed by atoms with Gasteiger partial charge in [-0.25, -0.2) is 0 Å². The molecule has 2 aromatic carbocycles. The average molecular weight is 475 g/mol. The number of hydrogen-bond donors (Lipinski definition) is 4. The molecule has 0 aliphatic rings. The van der Waals surface area contributed by atoms with Gasteiger partial charge in [-0.05, 0) is 46.6 Å². The molecule has 0 aliphatic heterocycles. The normalized spacial score (nSPS) is 10.6. The standard InChI is InChI=1S/C20H19BrN4O5/c21-13-6-1-2-8-15(13)30-10-4-9-16(26)22-11-17(27)23-14-7-3-5-12-18(14)20(29)25-24-19(12)28/h1-3,5-8H,4,9-11H2,(H,22,26)(H,23,27)(H,24,28)(H,25,29). The zero-order valence-electron chi connectivity index (χ0n) is 15.8. The van der Waals surface area contributed by atoms with Gasteiger partial charge < -0.3 is 15.4 Å². The van der Waals surface area contributed by atoms with Crippen molar-refractivity contribution >= 4 is 44.2 Å². The van der Waals surface area contributed by atoms with Gasteiger partial charge in [0.2, 0.25) is 11.8 Å². The lowest BCUT2D eigenvalue weighted by Gasteiger charge is -2.09. The lowest BCUT2D eigenvalue weighted by molar-refractivity contribution is -0.124. The third-order valence-corrected chi connectivity index (χ3v) is 4.84. The summed E-state index contributed by atoms with van der Waals surface area (Å²) in [5, 5.41) is 9.74. The molecule has 0 fully saturated rings. The minimum atomic E-state index is -0.533. The van der Waals surface area contributed by atoms with E-state index in [1.165, 1.54) is 12.1 Å². The molecule has 0 atom stereocenters. The highest BCUT2D eigenvalue weighted by molar-refractivity contribution is 9.10. The van der Waals surface area contributed by atoms with E-state index >= 15 is 0 Å². The fraction of sp³-hybridized carbons (Fsp3) is 0.200. The maximum Gasteiger partial charge on any atom is 0.272 e. The molecule has 9 nitrogen and oxygen atoms in total. The lowest BCUT2D eigenvalue weighted by atomic mass is 10.1. The van der Waals surface area contributed by atoms with E-state index in [9.17, 15) is 19.2 Å². The lowest BCUT2D eigenvalue weighted by Crippen LogP contribution is -2.33. The number of amides is 2. The maximum atomic E-state index is 12.2. The van der Waals surface area contributed by atoms with Gasteiger partial charge in [-0.3, -0.25) is 29.4 Å². The molecule has 1 heterocycles. The summed E-state index contributed by atoms with van der Waals surface area (Å²) in [7, 11) is 0. The molecule has 0 bridgehead atoms. The molecule has 10 heteroatoms. The van der Waals surface area contributed by atoms with E-state index in [1.807, 2.05) is 24.3 Å². The second-order valence-electron chi connectivity index (χ2n) is 6.34. The fourth-order valence-electron chi connectivity index (χ4n) is 2.77. The molecular formula is C20H19BrN4O5. The smallest absolute Gasteiger partial charge is 0.272 e. The molecule has 0 aliphatic carbocycles. The van der Waals surface area contributed by atoms with E-state index in [0.29, 0.717) is 18.8 Å². The van der Waals surface area contributed by atoms with Crippen molar-refractivity contribution in [1.82, 2.24) is 15.5 Å². The molecule has 0 spiro atoms. The fourth-order valence-corrected chi connectivity index (χ4v) is 3.17. The summed E-state index contributed by atoms with van der Waals surface area (Å²) in [5.41, 5.74) is -0.811. The van der Waals surface area contributed by atoms with Crippen LogP contribution in [0.25, 0.3) is 10.8 Å². The number of halogens is 1. The molecule has 0 unspecified atom stereocenters. The van der Waals surface area contributed by atoms with Gasteiger partial charge in [0.25, 0.3) is 11.1 Å². The van der Waals surface area contributed by atoms with Gasteiger partial charge >= 0.3 is 0 Å².